The molecule has 19 heavy (non-hydrogen) atoms. The number of aliphatic carboxylic acids is 1. The molecule has 3 unspecified atom stereocenters. The molecular formula is C13H25NO5. The summed E-state index contributed by atoms with van der Waals surface area (Å²) >= 11 is 0. The lowest BCUT2D eigenvalue weighted by Gasteiger charge is -2.25. The molecule has 0 saturated heterocycles. The fourth-order valence-corrected chi connectivity index (χ4v) is 1.78. The van der Waals surface area contributed by atoms with Gasteiger partial charge in [0, 0.05) is 12.0 Å². The molecule has 0 aliphatic heterocycles. The standard InChI is InChI=1S/C7H10O5.C6H15N/c8-4-1-3(7(11)12)2-5(9)6(4)10;1-4-7(5-2)6-3/h1,4-6,8-10H,2H2,(H,11,12);4-6H2,1-3H3. The predicted molar refractivity (Wildman–Crippen MR) is 71.8 cm³/mol. The monoisotopic (exact) mass is 275 g/mol. The van der Waals surface area contributed by atoms with Crippen molar-refractivity contribution < 1.29 is 25.2 Å². The molecule has 0 fully saturated rings. The number of nitrogens with zero attached hydrogens (tertiary/aromatic N) is 1. The molecule has 0 bridgehead atoms. The molecule has 6 heteroatoms. The molecule has 0 spiro atoms. The number of aliphatic hydroxyl groups is 3. The number of carboxylic acids is 1. The Kier molecular flexibility index (Phi) is 8.58. The van der Waals surface area contributed by atoms with E-state index in [2.05, 4.69) is 25.7 Å². The van der Waals surface area contributed by atoms with E-state index in [0.29, 0.717) is 0 Å². The van der Waals surface area contributed by atoms with Crippen molar-refractivity contribution >= 4 is 5.97 Å². The van der Waals surface area contributed by atoms with Gasteiger partial charge in [0.15, 0.2) is 0 Å². The molecule has 0 saturated carbocycles. The third kappa shape index (κ3) is 6.15. The lowest BCUT2D eigenvalue weighted by Crippen LogP contribution is -2.40. The van der Waals surface area contributed by atoms with Crippen LogP contribution in [0, 0.1) is 0 Å². The van der Waals surface area contributed by atoms with E-state index in [1.807, 2.05) is 0 Å². The van der Waals surface area contributed by atoms with Gasteiger partial charge in [-0.25, -0.2) is 4.79 Å². The van der Waals surface area contributed by atoms with Crippen LogP contribution in [0.25, 0.3) is 0 Å². The SMILES string of the molecule is CCN(CC)CC.O=C(O)C1=CC(O)C(O)C(O)C1. The molecule has 112 valence electrons. The average molecular weight is 275 g/mol. The molecule has 0 amide bonds. The van der Waals surface area contributed by atoms with Crippen LogP contribution in [0.2, 0.25) is 0 Å². The maximum atomic E-state index is 10.4. The van der Waals surface area contributed by atoms with Crippen LogP contribution >= 0.6 is 0 Å². The molecular weight excluding hydrogens is 250 g/mol. The van der Waals surface area contributed by atoms with Gasteiger partial charge >= 0.3 is 5.97 Å². The second-order valence-corrected chi connectivity index (χ2v) is 4.37. The van der Waals surface area contributed by atoms with Crippen LogP contribution in [0.1, 0.15) is 27.2 Å². The number of hydrogen-bond acceptors (Lipinski definition) is 5. The molecule has 0 radical (unpaired) electrons. The zero-order valence-electron chi connectivity index (χ0n) is 11.8. The van der Waals surface area contributed by atoms with Gasteiger partial charge in [-0.2, -0.15) is 0 Å². The molecule has 3 atom stereocenters. The van der Waals surface area contributed by atoms with Crippen molar-refractivity contribution in [2.75, 3.05) is 19.6 Å². The van der Waals surface area contributed by atoms with Gasteiger partial charge in [-0.1, -0.05) is 20.8 Å². The normalized spacial score (nSPS) is 26.5. The summed E-state index contributed by atoms with van der Waals surface area (Å²) < 4.78 is 0. The number of carbonyl (C=O) groups is 1. The van der Waals surface area contributed by atoms with E-state index in [1.54, 1.807) is 0 Å². The quantitative estimate of drug-likeness (QED) is 0.568. The Morgan fingerprint density at radius 3 is 1.95 bits per heavy atom. The first kappa shape index (κ1) is 18.0. The van der Waals surface area contributed by atoms with Gasteiger partial charge in [-0.3, -0.25) is 0 Å². The van der Waals surface area contributed by atoms with Crippen LogP contribution in [0.4, 0.5) is 0 Å². The highest BCUT2D eigenvalue weighted by molar-refractivity contribution is 5.87. The van der Waals surface area contributed by atoms with Crippen molar-refractivity contribution in [2.45, 2.75) is 45.5 Å². The molecule has 6 nitrogen and oxygen atoms in total. The van der Waals surface area contributed by atoms with Crippen molar-refractivity contribution in [1.82, 2.24) is 4.90 Å². The highest BCUT2D eigenvalue weighted by Crippen LogP contribution is 2.19. The third-order valence-corrected chi connectivity index (χ3v) is 3.16. The molecule has 1 aliphatic rings. The van der Waals surface area contributed by atoms with E-state index in [1.165, 1.54) is 19.6 Å². The minimum absolute atomic E-state index is 0.0692. The Morgan fingerprint density at radius 2 is 1.68 bits per heavy atom. The van der Waals surface area contributed by atoms with Gasteiger partial charge in [0.1, 0.15) is 12.2 Å². The summed E-state index contributed by atoms with van der Waals surface area (Å²) in [6.45, 7) is 10.1. The zero-order chi connectivity index (χ0) is 15.0. The van der Waals surface area contributed by atoms with E-state index in [4.69, 9.17) is 20.4 Å². The Labute approximate surface area is 114 Å². The van der Waals surface area contributed by atoms with Crippen LogP contribution in [-0.2, 0) is 4.79 Å². The minimum Gasteiger partial charge on any atom is -0.478 e. The van der Waals surface area contributed by atoms with Gasteiger partial charge < -0.3 is 25.3 Å². The van der Waals surface area contributed by atoms with Gasteiger partial charge in [-0.05, 0) is 25.7 Å². The van der Waals surface area contributed by atoms with Crippen LogP contribution in [-0.4, -0.2) is 69.2 Å². The molecule has 1 rings (SSSR count). The fourth-order valence-electron chi connectivity index (χ4n) is 1.78. The van der Waals surface area contributed by atoms with Crippen molar-refractivity contribution in [1.29, 1.82) is 0 Å². The first-order chi connectivity index (χ1) is 8.87. The molecule has 0 aromatic carbocycles. The Bertz CT molecular complexity index is 296. The lowest BCUT2D eigenvalue weighted by atomic mass is 9.92. The number of rotatable bonds is 4. The van der Waals surface area contributed by atoms with Gasteiger partial charge in [0.05, 0.1) is 6.10 Å². The molecule has 1 aliphatic carbocycles. The van der Waals surface area contributed by atoms with Crippen LogP contribution in [0.3, 0.4) is 0 Å². The van der Waals surface area contributed by atoms with Crippen LogP contribution in [0.5, 0.6) is 0 Å². The lowest BCUT2D eigenvalue weighted by molar-refractivity contribution is -0.134. The van der Waals surface area contributed by atoms with E-state index < -0.39 is 24.3 Å². The van der Waals surface area contributed by atoms with Crippen molar-refractivity contribution in [3.8, 4) is 0 Å². The largest absolute Gasteiger partial charge is 0.478 e. The van der Waals surface area contributed by atoms with E-state index in [-0.39, 0.29) is 12.0 Å². The maximum Gasteiger partial charge on any atom is 0.331 e. The highest BCUT2D eigenvalue weighted by Gasteiger charge is 2.31. The zero-order valence-corrected chi connectivity index (χ0v) is 11.8. The Morgan fingerprint density at radius 1 is 1.21 bits per heavy atom. The molecule has 0 heterocycles. The summed E-state index contributed by atoms with van der Waals surface area (Å²) in [5.74, 6) is -1.18. The first-order valence-electron chi connectivity index (χ1n) is 6.57. The fraction of sp³-hybridized carbons (Fsp3) is 0.769. The summed E-state index contributed by atoms with van der Waals surface area (Å²) in [6.07, 6.45) is -2.86. The predicted octanol–water partition coefficient (Wildman–Crippen LogP) is -0.168. The van der Waals surface area contributed by atoms with Gasteiger partial charge in [-0.15, -0.1) is 0 Å². The summed E-state index contributed by atoms with van der Waals surface area (Å²) in [6, 6.07) is 0. The summed E-state index contributed by atoms with van der Waals surface area (Å²) in [7, 11) is 0. The highest BCUT2D eigenvalue weighted by atomic mass is 16.4. The first-order valence-corrected chi connectivity index (χ1v) is 6.57. The number of carboxylic acid groups (broad SMARTS) is 1. The van der Waals surface area contributed by atoms with E-state index in [0.717, 1.165) is 6.08 Å². The molecule has 0 aromatic rings. The van der Waals surface area contributed by atoms with Crippen molar-refractivity contribution in [3.63, 3.8) is 0 Å². The van der Waals surface area contributed by atoms with Gasteiger partial charge in [0.25, 0.3) is 0 Å². The summed E-state index contributed by atoms with van der Waals surface area (Å²) in [5.41, 5.74) is -0.0692. The molecule has 4 N–H and O–H groups in total. The summed E-state index contributed by atoms with van der Waals surface area (Å²) in [5, 5.41) is 35.6. The number of aliphatic hydroxyl groups excluding tert-OH is 3. The van der Waals surface area contributed by atoms with Crippen molar-refractivity contribution in [2.24, 2.45) is 0 Å². The third-order valence-electron chi connectivity index (χ3n) is 3.16. The second-order valence-electron chi connectivity index (χ2n) is 4.37. The van der Waals surface area contributed by atoms with E-state index in [9.17, 15) is 4.79 Å². The van der Waals surface area contributed by atoms with E-state index >= 15 is 0 Å². The van der Waals surface area contributed by atoms with Gasteiger partial charge in [0.2, 0.25) is 0 Å². The second kappa shape index (κ2) is 9.03. The minimum atomic E-state index is -1.29. The topological polar surface area (TPSA) is 101 Å². The smallest absolute Gasteiger partial charge is 0.331 e. The maximum absolute atomic E-state index is 10.4. The van der Waals surface area contributed by atoms with Crippen LogP contribution in [0.15, 0.2) is 11.6 Å². The van der Waals surface area contributed by atoms with Crippen LogP contribution < -0.4 is 0 Å². The molecule has 0 aromatic heterocycles. The van der Waals surface area contributed by atoms with Crippen molar-refractivity contribution in [3.05, 3.63) is 11.6 Å². The average Bonchev–Trinajstić information content (AvgIpc) is 2.38. The summed E-state index contributed by atoms with van der Waals surface area (Å²) in [4.78, 5) is 12.8. The Hall–Kier alpha value is -0.950. The number of hydrogen-bond donors (Lipinski definition) is 4. The Balaban J connectivity index is 0.000000399.